The highest BCUT2D eigenvalue weighted by atomic mass is 35.5. The molecule has 3 N–H and O–H groups in total. The van der Waals surface area contributed by atoms with E-state index in [2.05, 4.69) is 30.6 Å². The maximum absolute atomic E-state index is 11.8. The molecule has 0 aliphatic rings. The normalized spacial score (nSPS) is 12.0. The monoisotopic (exact) mass is 384 g/mol. The summed E-state index contributed by atoms with van der Waals surface area (Å²) in [5.41, 5.74) is 2.60. The van der Waals surface area contributed by atoms with Crippen LogP contribution in [0.4, 0.5) is 5.95 Å². The molecule has 0 radical (unpaired) electrons. The molecule has 0 saturated carbocycles. The van der Waals surface area contributed by atoms with Crippen LogP contribution in [0.3, 0.4) is 0 Å². The molecule has 2 heterocycles. The van der Waals surface area contributed by atoms with Crippen molar-refractivity contribution < 1.29 is 0 Å². The highest BCUT2D eigenvalue weighted by Crippen LogP contribution is 2.20. The van der Waals surface area contributed by atoms with Gasteiger partial charge < -0.3 is 15.6 Å². The summed E-state index contributed by atoms with van der Waals surface area (Å²) in [6.07, 6.45) is 4.13. The zero-order valence-electron chi connectivity index (χ0n) is 15.2. The van der Waals surface area contributed by atoms with Crippen molar-refractivity contribution in [3.63, 3.8) is 0 Å². The van der Waals surface area contributed by atoms with E-state index in [1.165, 1.54) is 6.07 Å². The summed E-state index contributed by atoms with van der Waals surface area (Å²) in [7, 11) is 1.78. The third-order valence-electron chi connectivity index (χ3n) is 4.08. The molecule has 3 rings (SSSR count). The third-order valence-corrected chi connectivity index (χ3v) is 4.33. The zero-order chi connectivity index (χ0) is 19.2. The molecule has 0 aliphatic carbocycles. The predicted octanol–water partition coefficient (Wildman–Crippen LogP) is 2.64. The fourth-order valence-electron chi connectivity index (χ4n) is 2.77. The first-order valence-electron chi connectivity index (χ1n) is 8.58. The number of hydrogen-bond donors (Lipinski definition) is 3. The molecule has 0 saturated heterocycles. The van der Waals surface area contributed by atoms with Crippen LogP contribution in [0.1, 0.15) is 28.7 Å². The molecule has 0 aliphatic heterocycles. The standard InChI is InChI=1S/C19H21ClN6O/c1-12-25-16(8-18(27)26-12)7-17(14-3-5-15(20)6-4-14)22-9-13-10-23-19(21-2)24-11-13/h3-6,8,10-11,17,22H,7,9H2,1-2H3,(H,21,23,24)(H,25,26,27)/t17-/m0/s1. The highest BCUT2D eigenvalue weighted by molar-refractivity contribution is 6.30. The van der Waals surface area contributed by atoms with Gasteiger partial charge in [-0.25, -0.2) is 15.0 Å². The number of anilines is 1. The third kappa shape index (κ3) is 5.35. The summed E-state index contributed by atoms with van der Waals surface area (Å²) >= 11 is 6.02. The first-order valence-corrected chi connectivity index (χ1v) is 8.95. The van der Waals surface area contributed by atoms with Crippen molar-refractivity contribution in [2.75, 3.05) is 12.4 Å². The molecule has 0 amide bonds. The van der Waals surface area contributed by atoms with Crippen LogP contribution in [-0.4, -0.2) is 27.0 Å². The van der Waals surface area contributed by atoms with E-state index < -0.39 is 0 Å². The van der Waals surface area contributed by atoms with E-state index in [4.69, 9.17) is 11.6 Å². The Hall–Kier alpha value is -2.77. The molecular weight excluding hydrogens is 364 g/mol. The number of H-pyrrole nitrogens is 1. The number of aromatic nitrogens is 4. The second-order valence-corrected chi connectivity index (χ2v) is 6.61. The molecule has 8 heteroatoms. The van der Waals surface area contributed by atoms with E-state index in [-0.39, 0.29) is 11.6 Å². The number of nitrogens with one attached hydrogen (secondary N) is 3. The van der Waals surface area contributed by atoms with Gasteiger partial charge in [0.25, 0.3) is 5.56 Å². The SMILES string of the molecule is CNc1ncc(CN[C@@H](Cc2cc(=O)[nH]c(C)n2)c2ccc(Cl)cc2)cn1. The molecule has 2 aromatic heterocycles. The average Bonchev–Trinajstić information content (AvgIpc) is 2.65. The van der Waals surface area contributed by atoms with Gasteiger partial charge in [-0.05, 0) is 24.6 Å². The number of halogens is 1. The Morgan fingerprint density at radius 1 is 1.19 bits per heavy atom. The molecule has 3 aromatic rings. The van der Waals surface area contributed by atoms with Gasteiger partial charge in [0.2, 0.25) is 5.95 Å². The van der Waals surface area contributed by atoms with E-state index in [0.717, 1.165) is 16.8 Å². The van der Waals surface area contributed by atoms with Crippen LogP contribution in [0.5, 0.6) is 0 Å². The maximum atomic E-state index is 11.8. The molecule has 0 fully saturated rings. The summed E-state index contributed by atoms with van der Waals surface area (Å²) < 4.78 is 0. The topological polar surface area (TPSA) is 95.6 Å². The van der Waals surface area contributed by atoms with Gasteiger partial charge in [-0.1, -0.05) is 23.7 Å². The Kier molecular flexibility index (Phi) is 6.16. The number of hydrogen-bond acceptors (Lipinski definition) is 6. The summed E-state index contributed by atoms with van der Waals surface area (Å²) in [5.74, 6) is 1.18. The molecule has 0 unspecified atom stereocenters. The quantitative estimate of drug-likeness (QED) is 0.579. The fraction of sp³-hybridized carbons (Fsp3) is 0.263. The fourth-order valence-corrected chi connectivity index (χ4v) is 2.90. The first kappa shape index (κ1) is 19.0. The summed E-state index contributed by atoms with van der Waals surface area (Å²) in [5, 5.41) is 7.08. The average molecular weight is 385 g/mol. The van der Waals surface area contributed by atoms with Crippen LogP contribution < -0.4 is 16.2 Å². The van der Waals surface area contributed by atoms with Crippen molar-refractivity contribution in [2.24, 2.45) is 0 Å². The van der Waals surface area contributed by atoms with Gasteiger partial charge in [0, 0.05) is 60.8 Å². The van der Waals surface area contributed by atoms with Crippen LogP contribution in [0.15, 0.2) is 47.5 Å². The predicted molar refractivity (Wildman–Crippen MR) is 106 cm³/mol. The molecule has 140 valence electrons. The van der Waals surface area contributed by atoms with Gasteiger partial charge in [-0.2, -0.15) is 0 Å². The minimum Gasteiger partial charge on any atom is -0.357 e. The Bertz CT molecular complexity index is 940. The molecule has 0 bridgehead atoms. The van der Waals surface area contributed by atoms with E-state index >= 15 is 0 Å². The lowest BCUT2D eigenvalue weighted by Crippen LogP contribution is -2.24. The van der Waals surface area contributed by atoms with Gasteiger partial charge in [0.1, 0.15) is 5.82 Å². The van der Waals surface area contributed by atoms with Crippen molar-refractivity contribution in [3.05, 3.63) is 80.7 Å². The number of nitrogens with zero attached hydrogens (tertiary/aromatic N) is 3. The second-order valence-electron chi connectivity index (χ2n) is 6.18. The number of aryl methyl sites for hydroxylation is 1. The number of aromatic amines is 1. The van der Waals surface area contributed by atoms with Crippen LogP contribution in [0.2, 0.25) is 5.02 Å². The van der Waals surface area contributed by atoms with Gasteiger partial charge in [0.15, 0.2) is 0 Å². The lowest BCUT2D eigenvalue weighted by molar-refractivity contribution is 0.522. The van der Waals surface area contributed by atoms with Crippen LogP contribution >= 0.6 is 11.6 Å². The zero-order valence-corrected chi connectivity index (χ0v) is 15.9. The van der Waals surface area contributed by atoms with Crippen LogP contribution in [-0.2, 0) is 13.0 Å². The first-order chi connectivity index (χ1) is 13.0. The van der Waals surface area contributed by atoms with Gasteiger partial charge in [-0.15, -0.1) is 0 Å². The van der Waals surface area contributed by atoms with Crippen LogP contribution in [0, 0.1) is 6.92 Å². The molecule has 0 spiro atoms. The van der Waals surface area contributed by atoms with E-state index in [1.54, 1.807) is 26.4 Å². The molecule has 1 aromatic carbocycles. The lowest BCUT2D eigenvalue weighted by Gasteiger charge is -2.19. The largest absolute Gasteiger partial charge is 0.357 e. The maximum Gasteiger partial charge on any atom is 0.251 e. The Morgan fingerprint density at radius 2 is 1.89 bits per heavy atom. The Labute approximate surface area is 162 Å². The molecule has 27 heavy (non-hydrogen) atoms. The van der Waals surface area contributed by atoms with Crippen molar-refractivity contribution in [1.29, 1.82) is 0 Å². The van der Waals surface area contributed by atoms with E-state index in [1.807, 2.05) is 24.3 Å². The van der Waals surface area contributed by atoms with Crippen molar-refractivity contribution >= 4 is 17.5 Å². The Morgan fingerprint density at radius 3 is 2.52 bits per heavy atom. The smallest absolute Gasteiger partial charge is 0.251 e. The Balaban J connectivity index is 1.80. The summed E-state index contributed by atoms with van der Waals surface area (Å²) in [6.45, 7) is 2.36. The van der Waals surface area contributed by atoms with Gasteiger partial charge >= 0.3 is 0 Å². The van der Waals surface area contributed by atoms with E-state index in [9.17, 15) is 4.79 Å². The lowest BCUT2D eigenvalue weighted by atomic mass is 10.0. The van der Waals surface area contributed by atoms with Crippen molar-refractivity contribution in [1.82, 2.24) is 25.3 Å². The highest BCUT2D eigenvalue weighted by Gasteiger charge is 2.14. The van der Waals surface area contributed by atoms with Crippen molar-refractivity contribution in [3.8, 4) is 0 Å². The van der Waals surface area contributed by atoms with Gasteiger partial charge in [0.05, 0.1) is 0 Å². The summed E-state index contributed by atoms with van der Waals surface area (Å²) in [4.78, 5) is 27.3. The van der Waals surface area contributed by atoms with Gasteiger partial charge in [-0.3, -0.25) is 4.79 Å². The minimum atomic E-state index is -0.150. The van der Waals surface area contributed by atoms with Crippen LogP contribution in [0.25, 0.3) is 0 Å². The number of benzene rings is 1. The van der Waals surface area contributed by atoms with Crippen molar-refractivity contribution in [2.45, 2.75) is 25.9 Å². The minimum absolute atomic E-state index is 0.0417. The second kappa shape index (κ2) is 8.75. The molecule has 1 atom stereocenters. The molecule has 7 nitrogen and oxygen atoms in total. The molecular formula is C19H21ClN6O. The summed E-state index contributed by atoms with van der Waals surface area (Å²) in [6, 6.07) is 9.14. The number of rotatable bonds is 7. The van der Waals surface area contributed by atoms with E-state index in [0.29, 0.717) is 29.8 Å².